The average Bonchev–Trinajstić information content (AvgIpc) is 2.26. The van der Waals surface area contributed by atoms with Crippen molar-refractivity contribution in [1.29, 1.82) is 0 Å². The van der Waals surface area contributed by atoms with Crippen molar-refractivity contribution in [2.75, 3.05) is 27.2 Å². The zero-order valence-corrected chi connectivity index (χ0v) is 11.5. The fourth-order valence-corrected chi connectivity index (χ4v) is 2.03. The van der Waals surface area contributed by atoms with E-state index in [1.807, 2.05) is 18.2 Å². The highest BCUT2D eigenvalue weighted by Gasteiger charge is 2.13. The topological polar surface area (TPSA) is 52.3 Å². The minimum atomic E-state index is -0.769. The average molecular weight is 251 g/mol. The summed E-state index contributed by atoms with van der Waals surface area (Å²) < 4.78 is 5.87. The molecule has 0 bridgehead atoms. The van der Waals surface area contributed by atoms with E-state index in [1.54, 1.807) is 6.07 Å². The molecule has 0 aliphatic heterocycles. The van der Waals surface area contributed by atoms with Crippen LogP contribution >= 0.6 is 0 Å². The second-order valence-corrected chi connectivity index (χ2v) is 5.20. The Morgan fingerprint density at radius 1 is 1.33 bits per heavy atom. The second-order valence-electron chi connectivity index (χ2n) is 5.20. The molecule has 0 aliphatic carbocycles. The van der Waals surface area contributed by atoms with Crippen molar-refractivity contribution in [3.05, 3.63) is 29.8 Å². The number of benzene rings is 1. The summed E-state index contributed by atoms with van der Waals surface area (Å²) in [6, 6.07) is 7.53. The first-order valence-corrected chi connectivity index (χ1v) is 6.31. The van der Waals surface area contributed by atoms with Gasteiger partial charge in [-0.3, -0.25) is 0 Å². The van der Waals surface area contributed by atoms with E-state index >= 15 is 0 Å². The number of amides is 1. The van der Waals surface area contributed by atoms with E-state index < -0.39 is 6.09 Å². The van der Waals surface area contributed by atoms with Crippen LogP contribution in [-0.2, 0) is 6.42 Å². The Balaban J connectivity index is 2.59. The number of carbonyl (C=O) groups is 1. The lowest BCUT2D eigenvalue weighted by Gasteiger charge is -2.29. The Bertz CT molecular complexity index is 403. The van der Waals surface area contributed by atoms with Crippen LogP contribution in [0, 0.1) is 0 Å². The highest BCUT2D eigenvalue weighted by molar-refractivity contribution is 5.68. The molecule has 0 radical (unpaired) electrons. The van der Waals surface area contributed by atoms with E-state index in [-0.39, 0.29) is 0 Å². The Labute approximate surface area is 109 Å². The maximum absolute atomic E-state index is 10.7. The molecule has 2 N–H and O–H groups in total. The van der Waals surface area contributed by atoms with Gasteiger partial charge in [-0.2, -0.15) is 0 Å². The van der Waals surface area contributed by atoms with Crippen LogP contribution in [0.5, 0.6) is 5.75 Å². The van der Waals surface area contributed by atoms with E-state index in [2.05, 4.69) is 21.0 Å². The van der Waals surface area contributed by atoms with Crippen LogP contribution in [0.1, 0.15) is 18.9 Å². The fourth-order valence-electron chi connectivity index (χ4n) is 2.03. The lowest BCUT2D eigenvalue weighted by atomic mass is 10.1. The van der Waals surface area contributed by atoms with Gasteiger partial charge >= 0.3 is 6.09 Å². The third-order valence-electron chi connectivity index (χ3n) is 2.95. The zero-order valence-electron chi connectivity index (χ0n) is 11.5. The largest absolute Gasteiger partial charge is 0.410 e. The lowest BCUT2D eigenvalue weighted by Crippen LogP contribution is -2.41. The molecular formula is C14H23N2O2+. The van der Waals surface area contributed by atoms with Crippen LogP contribution in [0.15, 0.2) is 24.3 Å². The Kier molecular flexibility index (Phi) is 5.16. The number of hydrogen-bond acceptors (Lipinski definition) is 2. The first-order valence-electron chi connectivity index (χ1n) is 6.31. The molecule has 4 nitrogen and oxygen atoms in total. The molecule has 1 aromatic carbocycles. The fraction of sp³-hybridized carbons (Fsp3) is 0.500. The molecule has 18 heavy (non-hydrogen) atoms. The van der Waals surface area contributed by atoms with Crippen molar-refractivity contribution in [3.63, 3.8) is 0 Å². The summed E-state index contributed by atoms with van der Waals surface area (Å²) in [5.41, 5.74) is 6.16. The van der Waals surface area contributed by atoms with E-state index in [0.717, 1.165) is 29.6 Å². The van der Waals surface area contributed by atoms with Gasteiger partial charge in [0.05, 0.1) is 27.2 Å². The minimum absolute atomic E-state index is 0.515. The molecule has 1 aromatic rings. The van der Waals surface area contributed by atoms with Crippen molar-refractivity contribution >= 4 is 6.09 Å². The molecule has 0 heterocycles. The summed E-state index contributed by atoms with van der Waals surface area (Å²) in [5, 5.41) is 0. The predicted octanol–water partition coefficient (Wildman–Crippen LogP) is 2.17. The smallest absolute Gasteiger partial charge is 0.409 e. The minimum Gasteiger partial charge on any atom is -0.410 e. The zero-order chi connectivity index (χ0) is 13.6. The first kappa shape index (κ1) is 14.5. The first-order chi connectivity index (χ1) is 8.43. The second kappa shape index (κ2) is 6.40. The molecule has 0 unspecified atom stereocenters. The van der Waals surface area contributed by atoms with Crippen LogP contribution in [0.3, 0.4) is 0 Å². The molecule has 0 saturated heterocycles. The number of likely N-dealkylation sites (N-methyl/N-ethyl adjacent to an activating group) is 1. The highest BCUT2D eigenvalue weighted by Crippen LogP contribution is 2.14. The summed E-state index contributed by atoms with van der Waals surface area (Å²) in [5.74, 6) is 0.515. The molecule has 0 spiro atoms. The number of quaternary nitrogens is 1. The van der Waals surface area contributed by atoms with Crippen LogP contribution < -0.4 is 10.5 Å². The van der Waals surface area contributed by atoms with Crippen LogP contribution in [-0.4, -0.2) is 37.8 Å². The summed E-state index contributed by atoms with van der Waals surface area (Å²) in [6.07, 6.45) is 1.37. The number of primary amides is 1. The monoisotopic (exact) mass is 251 g/mol. The summed E-state index contributed by atoms with van der Waals surface area (Å²) in [6.45, 7) is 4.42. The van der Waals surface area contributed by atoms with E-state index in [0.29, 0.717) is 5.75 Å². The summed E-state index contributed by atoms with van der Waals surface area (Å²) >= 11 is 0. The van der Waals surface area contributed by atoms with Crippen molar-refractivity contribution in [2.24, 2.45) is 5.73 Å². The Hall–Kier alpha value is -1.55. The maximum Gasteiger partial charge on any atom is 0.409 e. The lowest BCUT2D eigenvalue weighted by molar-refractivity contribution is -0.890. The Morgan fingerprint density at radius 2 is 2.06 bits per heavy atom. The van der Waals surface area contributed by atoms with Crippen LogP contribution in [0.25, 0.3) is 0 Å². The predicted molar refractivity (Wildman–Crippen MR) is 72.5 cm³/mol. The van der Waals surface area contributed by atoms with Gasteiger partial charge in [0, 0.05) is 6.42 Å². The van der Waals surface area contributed by atoms with Gasteiger partial charge in [0.15, 0.2) is 0 Å². The van der Waals surface area contributed by atoms with Gasteiger partial charge in [0.1, 0.15) is 5.75 Å². The molecule has 4 heteroatoms. The number of nitrogens with two attached hydrogens (primary N) is 1. The molecule has 0 aromatic heterocycles. The van der Waals surface area contributed by atoms with Gasteiger partial charge in [-0.15, -0.1) is 0 Å². The van der Waals surface area contributed by atoms with Gasteiger partial charge in [-0.05, 0) is 24.1 Å². The Morgan fingerprint density at radius 3 is 2.67 bits per heavy atom. The number of rotatable bonds is 6. The van der Waals surface area contributed by atoms with Crippen molar-refractivity contribution < 1.29 is 14.0 Å². The summed E-state index contributed by atoms with van der Waals surface area (Å²) in [7, 11) is 4.46. The molecule has 0 fully saturated rings. The van der Waals surface area contributed by atoms with Crippen molar-refractivity contribution in [1.82, 2.24) is 0 Å². The van der Waals surface area contributed by atoms with Crippen LogP contribution in [0.4, 0.5) is 4.79 Å². The van der Waals surface area contributed by atoms with E-state index in [4.69, 9.17) is 10.5 Å². The van der Waals surface area contributed by atoms with Gasteiger partial charge in [-0.1, -0.05) is 19.1 Å². The molecule has 0 atom stereocenters. The number of carbonyl (C=O) groups excluding carboxylic acids is 1. The van der Waals surface area contributed by atoms with Crippen molar-refractivity contribution in [3.8, 4) is 5.75 Å². The van der Waals surface area contributed by atoms with E-state index in [9.17, 15) is 4.79 Å². The third kappa shape index (κ3) is 5.19. The van der Waals surface area contributed by atoms with Gasteiger partial charge in [0.2, 0.25) is 0 Å². The number of hydrogen-bond donors (Lipinski definition) is 1. The van der Waals surface area contributed by atoms with Gasteiger partial charge in [0.25, 0.3) is 0 Å². The third-order valence-corrected chi connectivity index (χ3v) is 2.95. The maximum atomic E-state index is 10.7. The number of ether oxygens (including phenoxy) is 1. The molecule has 0 aliphatic rings. The molecular weight excluding hydrogens is 228 g/mol. The van der Waals surface area contributed by atoms with Gasteiger partial charge in [-0.25, -0.2) is 4.79 Å². The highest BCUT2D eigenvalue weighted by atomic mass is 16.5. The van der Waals surface area contributed by atoms with E-state index in [1.165, 1.54) is 6.42 Å². The molecule has 1 amide bonds. The van der Waals surface area contributed by atoms with Crippen LogP contribution in [0.2, 0.25) is 0 Å². The van der Waals surface area contributed by atoms with Gasteiger partial charge < -0.3 is 15.0 Å². The SMILES string of the molecule is CCC[N+](C)(C)CCc1cccc(OC(N)=O)c1. The normalized spacial score (nSPS) is 11.3. The molecule has 100 valence electrons. The summed E-state index contributed by atoms with van der Waals surface area (Å²) in [4.78, 5) is 10.7. The van der Waals surface area contributed by atoms with Crippen molar-refractivity contribution in [2.45, 2.75) is 19.8 Å². The molecule has 1 rings (SSSR count). The molecule has 0 saturated carbocycles. The quantitative estimate of drug-likeness (QED) is 0.788. The number of nitrogens with zero attached hydrogens (tertiary/aromatic N) is 1. The standard InChI is InChI=1S/C14H22N2O2/c1-4-9-16(2,3)10-8-12-6-5-7-13(11-12)18-14(15)17/h5-7,11H,4,8-10H2,1-3H3,(H-,15,17)/p+1.